The number of nitrogens with two attached hydrogens (primary N) is 1. The number of ether oxygens (including phenoxy) is 1. The Labute approximate surface area is 160 Å². The fourth-order valence-corrected chi connectivity index (χ4v) is 4.68. The van der Waals surface area contributed by atoms with Gasteiger partial charge in [-0.2, -0.15) is 0 Å². The van der Waals surface area contributed by atoms with E-state index in [9.17, 15) is 4.79 Å². The first-order valence-corrected chi connectivity index (χ1v) is 9.73. The SMILES string of the molecule is CC1(C)OC(=O)N(C2CCC(c3ccc(N)nc3)CC2)[C@H]1c1ccccc1. The lowest BCUT2D eigenvalue weighted by molar-refractivity contribution is 0.0664. The van der Waals surface area contributed by atoms with E-state index >= 15 is 0 Å². The second kappa shape index (κ2) is 6.87. The van der Waals surface area contributed by atoms with E-state index in [0.29, 0.717) is 11.7 Å². The Hall–Kier alpha value is -2.56. The Morgan fingerprint density at radius 3 is 2.37 bits per heavy atom. The topological polar surface area (TPSA) is 68.5 Å². The molecule has 1 saturated carbocycles. The van der Waals surface area contributed by atoms with Crippen LogP contribution >= 0.6 is 0 Å². The number of amides is 1. The molecule has 1 aromatic carbocycles. The van der Waals surface area contributed by atoms with E-state index in [1.165, 1.54) is 5.56 Å². The second-order valence-corrected chi connectivity index (χ2v) is 8.21. The number of rotatable bonds is 3. The van der Waals surface area contributed by atoms with Crippen LogP contribution in [-0.2, 0) is 4.74 Å². The molecule has 2 fully saturated rings. The number of benzene rings is 1. The van der Waals surface area contributed by atoms with Crippen molar-refractivity contribution in [1.29, 1.82) is 0 Å². The van der Waals surface area contributed by atoms with Crippen LogP contribution in [-0.4, -0.2) is 27.6 Å². The number of aromatic nitrogens is 1. The van der Waals surface area contributed by atoms with Crippen LogP contribution in [0.2, 0.25) is 0 Å². The average Bonchev–Trinajstić information content (AvgIpc) is 2.91. The van der Waals surface area contributed by atoms with Crippen LogP contribution in [0.15, 0.2) is 48.7 Å². The molecular weight excluding hydrogens is 338 g/mol. The summed E-state index contributed by atoms with van der Waals surface area (Å²) in [7, 11) is 0. The summed E-state index contributed by atoms with van der Waals surface area (Å²) < 4.78 is 5.77. The Bertz CT molecular complexity index is 796. The number of cyclic esters (lactones) is 1. The van der Waals surface area contributed by atoms with Crippen molar-refractivity contribution in [3.05, 3.63) is 59.8 Å². The van der Waals surface area contributed by atoms with Gasteiger partial charge in [0.05, 0.1) is 6.04 Å². The van der Waals surface area contributed by atoms with Gasteiger partial charge < -0.3 is 10.5 Å². The number of nitrogens with zero attached hydrogens (tertiary/aromatic N) is 2. The van der Waals surface area contributed by atoms with Gasteiger partial charge in [0.15, 0.2) is 0 Å². The van der Waals surface area contributed by atoms with Gasteiger partial charge in [-0.3, -0.25) is 4.90 Å². The average molecular weight is 365 g/mol. The third-order valence-corrected chi connectivity index (χ3v) is 5.98. The fourth-order valence-electron chi connectivity index (χ4n) is 4.68. The van der Waals surface area contributed by atoms with Crippen LogP contribution in [0, 0.1) is 0 Å². The first-order valence-electron chi connectivity index (χ1n) is 9.73. The maximum atomic E-state index is 12.7. The summed E-state index contributed by atoms with van der Waals surface area (Å²) in [5, 5.41) is 0. The molecule has 0 unspecified atom stereocenters. The summed E-state index contributed by atoms with van der Waals surface area (Å²) in [6, 6.07) is 14.3. The molecule has 5 nitrogen and oxygen atoms in total. The molecule has 1 atom stereocenters. The van der Waals surface area contributed by atoms with Crippen LogP contribution in [0.3, 0.4) is 0 Å². The number of pyridine rings is 1. The molecule has 142 valence electrons. The molecule has 1 aliphatic heterocycles. The molecule has 2 heterocycles. The number of anilines is 1. The lowest BCUT2D eigenvalue weighted by atomic mass is 9.80. The normalized spacial score (nSPS) is 27.4. The molecule has 2 aliphatic rings. The first-order chi connectivity index (χ1) is 13.0. The highest BCUT2D eigenvalue weighted by atomic mass is 16.6. The smallest absolute Gasteiger partial charge is 0.411 e. The van der Waals surface area contributed by atoms with Crippen LogP contribution in [0.4, 0.5) is 10.6 Å². The van der Waals surface area contributed by atoms with Crippen molar-refractivity contribution in [2.75, 3.05) is 5.73 Å². The van der Waals surface area contributed by atoms with E-state index in [1.54, 1.807) is 0 Å². The Morgan fingerprint density at radius 2 is 1.74 bits per heavy atom. The van der Waals surface area contributed by atoms with Gasteiger partial charge in [-0.15, -0.1) is 0 Å². The minimum atomic E-state index is -0.532. The van der Waals surface area contributed by atoms with Gasteiger partial charge >= 0.3 is 6.09 Å². The van der Waals surface area contributed by atoms with Crippen molar-refractivity contribution < 1.29 is 9.53 Å². The van der Waals surface area contributed by atoms with Crippen LogP contribution in [0.5, 0.6) is 0 Å². The highest BCUT2D eigenvalue weighted by Gasteiger charge is 2.51. The highest BCUT2D eigenvalue weighted by Crippen LogP contribution is 2.46. The fraction of sp³-hybridized carbons (Fsp3) is 0.455. The summed E-state index contributed by atoms with van der Waals surface area (Å²) in [5.74, 6) is 1.04. The third-order valence-electron chi connectivity index (χ3n) is 5.98. The minimum Gasteiger partial charge on any atom is -0.441 e. The standard InChI is InChI=1S/C22H27N3O2/c1-22(2)20(16-6-4-3-5-7-16)25(21(26)27-22)18-11-8-15(9-12-18)17-10-13-19(23)24-14-17/h3-7,10,13-15,18,20H,8-9,11-12H2,1-2H3,(H2,23,24)/t15?,18?,20-/m0/s1. The second-order valence-electron chi connectivity index (χ2n) is 8.21. The van der Waals surface area contributed by atoms with Crippen molar-refractivity contribution in [2.45, 2.75) is 63.1 Å². The lowest BCUT2D eigenvalue weighted by Crippen LogP contribution is -2.42. The number of hydrogen-bond donors (Lipinski definition) is 1. The van der Waals surface area contributed by atoms with Crippen LogP contribution < -0.4 is 5.73 Å². The molecule has 4 rings (SSSR count). The van der Waals surface area contributed by atoms with E-state index < -0.39 is 5.60 Å². The van der Waals surface area contributed by atoms with E-state index in [4.69, 9.17) is 10.5 Å². The van der Waals surface area contributed by atoms with Crippen LogP contribution in [0.1, 0.15) is 62.6 Å². The predicted octanol–water partition coefficient (Wildman–Crippen LogP) is 4.66. The monoisotopic (exact) mass is 365 g/mol. The van der Waals surface area contributed by atoms with Gasteiger partial charge in [-0.1, -0.05) is 36.4 Å². The molecular formula is C22H27N3O2. The summed E-state index contributed by atoms with van der Waals surface area (Å²) in [6.07, 6.45) is 5.74. The Kier molecular flexibility index (Phi) is 4.54. The van der Waals surface area contributed by atoms with Crippen molar-refractivity contribution in [2.24, 2.45) is 0 Å². The Balaban J connectivity index is 1.52. The van der Waals surface area contributed by atoms with E-state index in [0.717, 1.165) is 31.2 Å². The Morgan fingerprint density at radius 1 is 1.04 bits per heavy atom. The van der Waals surface area contributed by atoms with Crippen molar-refractivity contribution in [1.82, 2.24) is 9.88 Å². The highest BCUT2D eigenvalue weighted by molar-refractivity contribution is 5.72. The summed E-state index contributed by atoms with van der Waals surface area (Å²) in [6.45, 7) is 4.02. The number of nitrogen functional groups attached to an aromatic ring is 1. The molecule has 1 aromatic heterocycles. The van der Waals surface area contributed by atoms with E-state index in [1.807, 2.05) is 49.2 Å². The van der Waals surface area contributed by atoms with Gasteiger partial charge in [-0.05, 0) is 62.6 Å². The summed E-state index contributed by atoms with van der Waals surface area (Å²) >= 11 is 0. The van der Waals surface area contributed by atoms with Crippen LogP contribution in [0.25, 0.3) is 0 Å². The zero-order valence-corrected chi connectivity index (χ0v) is 16.0. The van der Waals surface area contributed by atoms with Gasteiger partial charge in [0.2, 0.25) is 0 Å². The van der Waals surface area contributed by atoms with E-state index in [2.05, 4.69) is 23.2 Å². The molecule has 1 saturated heterocycles. The van der Waals surface area contributed by atoms with Crippen molar-refractivity contribution in [3.63, 3.8) is 0 Å². The number of carbonyl (C=O) groups is 1. The third kappa shape index (κ3) is 3.38. The molecule has 5 heteroatoms. The van der Waals surface area contributed by atoms with Gasteiger partial charge in [0.1, 0.15) is 11.4 Å². The first kappa shape index (κ1) is 17.8. The van der Waals surface area contributed by atoms with Gasteiger partial charge in [0.25, 0.3) is 0 Å². The molecule has 0 spiro atoms. The number of hydrogen-bond acceptors (Lipinski definition) is 4. The van der Waals surface area contributed by atoms with Gasteiger partial charge in [-0.25, -0.2) is 9.78 Å². The maximum Gasteiger partial charge on any atom is 0.411 e. The molecule has 1 amide bonds. The molecule has 2 N–H and O–H groups in total. The molecule has 0 bridgehead atoms. The lowest BCUT2D eigenvalue weighted by Gasteiger charge is -2.38. The maximum absolute atomic E-state index is 12.7. The molecule has 0 radical (unpaired) electrons. The molecule has 2 aromatic rings. The zero-order chi connectivity index (χ0) is 19.0. The number of carbonyl (C=O) groups excluding carboxylic acids is 1. The van der Waals surface area contributed by atoms with Gasteiger partial charge in [0, 0.05) is 12.2 Å². The largest absolute Gasteiger partial charge is 0.441 e. The van der Waals surface area contributed by atoms with E-state index in [-0.39, 0.29) is 18.2 Å². The minimum absolute atomic E-state index is 0.0501. The summed E-state index contributed by atoms with van der Waals surface area (Å²) in [4.78, 5) is 19.0. The predicted molar refractivity (Wildman–Crippen MR) is 105 cm³/mol. The molecule has 27 heavy (non-hydrogen) atoms. The summed E-state index contributed by atoms with van der Waals surface area (Å²) in [5.41, 5.74) is 7.55. The quantitative estimate of drug-likeness (QED) is 0.859. The molecule has 1 aliphatic carbocycles. The zero-order valence-electron chi connectivity index (χ0n) is 16.0. The van der Waals surface area contributed by atoms with Crippen molar-refractivity contribution in [3.8, 4) is 0 Å². The van der Waals surface area contributed by atoms with Crippen molar-refractivity contribution >= 4 is 11.9 Å².